The highest BCUT2D eigenvalue weighted by Gasteiger charge is 2.35. The smallest absolute Gasteiger partial charge is 0.268 e. The van der Waals surface area contributed by atoms with Gasteiger partial charge in [0.15, 0.2) is 0 Å². The first-order chi connectivity index (χ1) is 15.3. The lowest BCUT2D eigenvalue weighted by Gasteiger charge is -2.22. The van der Waals surface area contributed by atoms with Crippen LogP contribution in [-0.4, -0.2) is 24.6 Å². The van der Waals surface area contributed by atoms with Crippen molar-refractivity contribution in [2.45, 2.75) is 19.3 Å². The molecular formula is C22H13BF6N2O2. The summed E-state index contributed by atoms with van der Waals surface area (Å²) in [5, 5.41) is 0. The fourth-order valence-electron chi connectivity index (χ4n) is 2.87. The maximum Gasteiger partial charge on any atom is 0.416 e. The molecule has 0 N–H and O–H groups in total. The number of aromatic nitrogens is 1. The van der Waals surface area contributed by atoms with E-state index in [0.717, 1.165) is 42.5 Å². The minimum Gasteiger partial charge on any atom is -0.268 e. The molecule has 0 fully saturated rings. The number of rotatable bonds is 3. The lowest BCUT2D eigenvalue weighted by atomic mass is 9.92. The number of anilines is 1. The van der Waals surface area contributed by atoms with E-state index >= 15 is 0 Å². The molecule has 0 aliphatic rings. The third-order valence-corrected chi connectivity index (χ3v) is 4.64. The fourth-order valence-corrected chi connectivity index (χ4v) is 2.87. The van der Waals surface area contributed by atoms with Crippen LogP contribution in [0.2, 0.25) is 0 Å². The SMILES string of the molecule is [B]c1cc(N(C(=O)c2cccc(C(F)(F)F)c2)C(=O)c2cccc(C(F)(F)F)c2)ncc1C. The van der Waals surface area contributed by atoms with Crippen LogP contribution < -0.4 is 10.4 Å². The maximum atomic E-state index is 13.2. The maximum absolute atomic E-state index is 13.2. The Balaban J connectivity index is 2.14. The van der Waals surface area contributed by atoms with E-state index in [0.29, 0.717) is 22.6 Å². The normalized spacial score (nSPS) is 11.8. The molecule has 0 atom stereocenters. The number of alkyl halides is 6. The lowest BCUT2D eigenvalue weighted by molar-refractivity contribution is -0.138. The molecule has 3 rings (SSSR count). The van der Waals surface area contributed by atoms with Crippen LogP contribution in [0.4, 0.5) is 32.2 Å². The van der Waals surface area contributed by atoms with E-state index in [2.05, 4.69) is 4.98 Å². The Morgan fingerprint density at radius 2 is 1.27 bits per heavy atom. The Hall–Kier alpha value is -3.63. The summed E-state index contributed by atoms with van der Waals surface area (Å²) >= 11 is 0. The third-order valence-electron chi connectivity index (χ3n) is 4.64. The highest BCUT2D eigenvalue weighted by atomic mass is 19.4. The minimum absolute atomic E-state index is 0.110. The topological polar surface area (TPSA) is 50.3 Å². The van der Waals surface area contributed by atoms with Crippen molar-refractivity contribution in [1.82, 2.24) is 4.98 Å². The van der Waals surface area contributed by atoms with Crippen molar-refractivity contribution >= 4 is 30.9 Å². The summed E-state index contributed by atoms with van der Waals surface area (Å²) in [5.74, 6) is -2.80. The van der Waals surface area contributed by atoms with Gasteiger partial charge in [0, 0.05) is 17.3 Å². The first-order valence-electron chi connectivity index (χ1n) is 9.24. The standard InChI is InChI=1S/C22H13BF6N2O2/c1-12-11-30-18(10-17(12)23)31(19(32)13-4-2-6-15(8-13)21(24,25)26)20(33)14-5-3-7-16(9-14)22(27,28)29/h2-11H,1H3. The summed E-state index contributed by atoms with van der Waals surface area (Å²) in [5.41, 5.74) is -2.74. The molecule has 2 amide bonds. The summed E-state index contributed by atoms with van der Waals surface area (Å²) in [6.45, 7) is 1.58. The van der Waals surface area contributed by atoms with Crippen LogP contribution in [0, 0.1) is 6.92 Å². The molecule has 4 nitrogen and oxygen atoms in total. The van der Waals surface area contributed by atoms with Gasteiger partial charge in [-0.05, 0) is 55.0 Å². The monoisotopic (exact) mass is 462 g/mol. The zero-order chi connectivity index (χ0) is 24.6. The van der Waals surface area contributed by atoms with Gasteiger partial charge in [0.25, 0.3) is 11.8 Å². The van der Waals surface area contributed by atoms with E-state index < -0.39 is 46.4 Å². The van der Waals surface area contributed by atoms with Crippen molar-refractivity contribution < 1.29 is 35.9 Å². The van der Waals surface area contributed by atoms with Gasteiger partial charge in [-0.25, -0.2) is 9.88 Å². The molecule has 3 aromatic rings. The van der Waals surface area contributed by atoms with Gasteiger partial charge >= 0.3 is 12.4 Å². The van der Waals surface area contributed by atoms with Crippen molar-refractivity contribution in [3.63, 3.8) is 0 Å². The van der Waals surface area contributed by atoms with Crippen molar-refractivity contribution in [2.75, 3.05) is 4.90 Å². The average molecular weight is 462 g/mol. The third kappa shape index (κ3) is 5.24. The molecule has 0 saturated heterocycles. The van der Waals surface area contributed by atoms with Crippen LogP contribution in [0.15, 0.2) is 60.8 Å². The molecule has 2 aromatic carbocycles. The number of nitrogens with zero attached hydrogens (tertiary/aromatic N) is 2. The van der Waals surface area contributed by atoms with Gasteiger partial charge in [0.2, 0.25) is 0 Å². The van der Waals surface area contributed by atoms with Crippen molar-refractivity contribution in [2.24, 2.45) is 0 Å². The van der Waals surface area contributed by atoms with Crippen LogP contribution in [0.25, 0.3) is 0 Å². The number of pyridine rings is 1. The molecule has 168 valence electrons. The van der Waals surface area contributed by atoms with Crippen molar-refractivity contribution in [1.29, 1.82) is 0 Å². The van der Waals surface area contributed by atoms with Gasteiger partial charge in [-0.1, -0.05) is 17.6 Å². The quantitative estimate of drug-likeness (QED) is 0.322. The van der Waals surface area contributed by atoms with Gasteiger partial charge in [-0.2, -0.15) is 26.3 Å². The molecule has 0 saturated carbocycles. The van der Waals surface area contributed by atoms with Gasteiger partial charge in [0.1, 0.15) is 13.7 Å². The molecule has 0 spiro atoms. The van der Waals surface area contributed by atoms with Crippen LogP contribution in [-0.2, 0) is 12.4 Å². The largest absolute Gasteiger partial charge is 0.416 e. The number of amides is 2. The van der Waals surface area contributed by atoms with Crippen LogP contribution in [0.3, 0.4) is 0 Å². The molecule has 2 radical (unpaired) electrons. The Bertz CT molecular complexity index is 1150. The Kier molecular flexibility index (Phi) is 6.35. The Labute approximate surface area is 185 Å². The van der Waals surface area contributed by atoms with Crippen molar-refractivity contribution in [3.05, 3.63) is 88.6 Å². The van der Waals surface area contributed by atoms with E-state index in [1.54, 1.807) is 6.92 Å². The van der Waals surface area contributed by atoms with Gasteiger partial charge in [-0.15, -0.1) is 0 Å². The van der Waals surface area contributed by atoms with E-state index in [9.17, 15) is 35.9 Å². The number of carbonyl (C=O) groups excluding carboxylic acids is 2. The van der Waals surface area contributed by atoms with E-state index in [-0.39, 0.29) is 11.3 Å². The molecule has 1 aromatic heterocycles. The molecular weight excluding hydrogens is 449 g/mol. The van der Waals surface area contributed by atoms with Gasteiger partial charge in [-0.3, -0.25) is 9.59 Å². The second kappa shape index (κ2) is 8.72. The first kappa shape index (κ1) is 24.0. The first-order valence-corrected chi connectivity index (χ1v) is 9.24. The predicted molar refractivity (Wildman–Crippen MR) is 108 cm³/mol. The van der Waals surface area contributed by atoms with Crippen LogP contribution >= 0.6 is 0 Å². The highest BCUT2D eigenvalue weighted by Crippen LogP contribution is 2.32. The summed E-state index contributed by atoms with van der Waals surface area (Å²) in [6.07, 6.45) is -8.31. The number of halogens is 6. The fraction of sp³-hybridized carbons (Fsp3) is 0.136. The number of hydrogen-bond donors (Lipinski definition) is 0. The second-order valence-electron chi connectivity index (χ2n) is 7.00. The molecule has 1 heterocycles. The molecule has 0 bridgehead atoms. The number of aryl methyl sites for hydroxylation is 1. The molecule has 33 heavy (non-hydrogen) atoms. The van der Waals surface area contributed by atoms with Crippen LogP contribution in [0.1, 0.15) is 37.4 Å². The summed E-state index contributed by atoms with van der Waals surface area (Å²) in [4.78, 5) is 30.6. The van der Waals surface area contributed by atoms with E-state index in [1.807, 2.05) is 0 Å². The van der Waals surface area contributed by atoms with Gasteiger partial charge < -0.3 is 0 Å². The molecule has 0 aliphatic carbocycles. The molecule has 0 unspecified atom stereocenters. The summed E-state index contributed by atoms with van der Waals surface area (Å²) in [7, 11) is 5.81. The minimum atomic E-state index is -4.77. The highest BCUT2D eigenvalue weighted by molar-refractivity contribution is 6.34. The molecule has 11 heteroatoms. The second-order valence-corrected chi connectivity index (χ2v) is 7.00. The summed E-state index contributed by atoms with van der Waals surface area (Å²) in [6, 6.07) is 7.70. The number of hydrogen-bond acceptors (Lipinski definition) is 3. The predicted octanol–water partition coefficient (Wildman–Crippen LogP) is 4.71. The van der Waals surface area contributed by atoms with Crippen molar-refractivity contribution in [3.8, 4) is 0 Å². The van der Waals surface area contributed by atoms with E-state index in [1.165, 1.54) is 6.20 Å². The zero-order valence-corrected chi connectivity index (χ0v) is 16.8. The number of imide groups is 1. The number of carbonyl (C=O) groups is 2. The lowest BCUT2D eigenvalue weighted by Crippen LogP contribution is -2.38. The summed E-state index contributed by atoms with van der Waals surface area (Å²) < 4.78 is 78.6. The van der Waals surface area contributed by atoms with Crippen LogP contribution in [0.5, 0.6) is 0 Å². The Morgan fingerprint density at radius 1 is 0.818 bits per heavy atom. The van der Waals surface area contributed by atoms with E-state index in [4.69, 9.17) is 7.85 Å². The average Bonchev–Trinajstić information content (AvgIpc) is 2.75. The Morgan fingerprint density at radius 3 is 1.67 bits per heavy atom. The number of benzene rings is 2. The zero-order valence-electron chi connectivity index (χ0n) is 16.8. The molecule has 0 aliphatic heterocycles. The van der Waals surface area contributed by atoms with Gasteiger partial charge in [0.05, 0.1) is 11.1 Å².